The van der Waals surface area contributed by atoms with Crippen molar-refractivity contribution >= 4 is 17.9 Å². The van der Waals surface area contributed by atoms with Crippen molar-refractivity contribution in [2.75, 3.05) is 0 Å². The van der Waals surface area contributed by atoms with Gasteiger partial charge in [0.1, 0.15) is 0 Å². The van der Waals surface area contributed by atoms with Gasteiger partial charge in [-0.3, -0.25) is 0 Å². The highest BCUT2D eigenvalue weighted by atomic mass is 16.6. The number of esters is 2. The van der Waals surface area contributed by atoms with E-state index in [0.29, 0.717) is 17.5 Å². The van der Waals surface area contributed by atoms with Gasteiger partial charge in [0.25, 0.3) is 0 Å². The first-order valence-electron chi connectivity index (χ1n) is 7.18. The largest absolute Gasteiger partial charge is 0.478 e. The summed E-state index contributed by atoms with van der Waals surface area (Å²) in [4.78, 5) is 34.1. The Balaban J connectivity index is 1.84. The Labute approximate surface area is 132 Å². The highest BCUT2D eigenvalue weighted by Crippen LogP contribution is 2.27. The van der Waals surface area contributed by atoms with Gasteiger partial charge in [0.2, 0.25) is 0 Å². The van der Waals surface area contributed by atoms with Crippen LogP contribution in [0.2, 0.25) is 0 Å². The highest BCUT2D eigenvalue weighted by molar-refractivity contribution is 6.14. The Morgan fingerprint density at radius 2 is 1.83 bits per heavy atom. The van der Waals surface area contributed by atoms with Gasteiger partial charge in [0, 0.05) is 0 Å². The molecule has 1 unspecified atom stereocenters. The van der Waals surface area contributed by atoms with Crippen LogP contribution in [0.15, 0.2) is 42.5 Å². The smallest absolute Gasteiger partial charge is 0.346 e. The first-order valence-corrected chi connectivity index (χ1v) is 7.18. The van der Waals surface area contributed by atoms with E-state index in [0.717, 1.165) is 11.1 Å². The predicted molar refractivity (Wildman–Crippen MR) is 81.7 cm³/mol. The molecule has 1 heterocycles. The third-order valence-electron chi connectivity index (χ3n) is 3.95. The fourth-order valence-corrected chi connectivity index (χ4v) is 2.71. The van der Waals surface area contributed by atoms with E-state index >= 15 is 0 Å². The van der Waals surface area contributed by atoms with Crippen LogP contribution in [0, 0.1) is 0 Å². The number of carbonyl (C=O) groups excluding carboxylic acids is 2. The summed E-state index contributed by atoms with van der Waals surface area (Å²) in [6, 6.07) is 11.8. The molecule has 1 aliphatic rings. The van der Waals surface area contributed by atoms with Crippen LogP contribution < -0.4 is 0 Å². The van der Waals surface area contributed by atoms with Gasteiger partial charge in [-0.2, -0.15) is 0 Å². The van der Waals surface area contributed by atoms with Gasteiger partial charge in [-0.25, -0.2) is 14.4 Å². The lowest BCUT2D eigenvalue weighted by Gasteiger charge is -2.13. The summed E-state index contributed by atoms with van der Waals surface area (Å²) < 4.78 is 4.58. The van der Waals surface area contributed by atoms with Crippen LogP contribution in [0.25, 0.3) is 0 Å². The van der Waals surface area contributed by atoms with E-state index in [2.05, 4.69) is 4.74 Å². The van der Waals surface area contributed by atoms with Crippen molar-refractivity contribution < 1.29 is 24.2 Å². The molecule has 0 saturated carbocycles. The number of rotatable bonds is 4. The normalized spacial score (nSPS) is 14.3. The van der Waals surface area contributed by atoms with E-state index in [4.69, 9.17) is 5.11 Å². The lowest BCUT2D eigenvalue weighted by Crippen LogP contribution is -2.03. The second-order valence-corrected chi connectivity index (χ2v) is 5.59. The molecule has 0 saturated heterocycles. The highest BCUT2D eigenvalue weighted by Gasteiger charge is 2.30. The fraction of sp³-hybridized carbons (Fsp3) is 0.167. The molecule has 116 valence electrons. The third-order valence-corrected chi connectivity index (χ3v) is 3.95. The zero-order valence-corrected chi connectivity index (χ0v) is 12.4. The van der Waals surface area contributed by atoms with Gasteiger partial charge in [-0.15, -0.1) is 0 Å². The summed E-state index contributed by atoms with van der Waals surface area (Å²) in [5.74, 6) is -2.13. The van der Waals surface area contributed by atoms with Crippen LogP contribution in [0.1, 0.15) is 55.0 Å². The molecule has 0 amide bonds. The molecule has 5 heteroatoms. The van der Waals surface area contributed by atoms with Crippen molar-refractivity contribution in [2.45, 2.75) is 19.3 Å². The quantitative estimate of drug-likeness (QED) is 0.693. The molecule has 0 spiro atoms. The summed E-state index contributed by atoms with van der Waals surface area (Å²) >= 11 is 0. The minimum Gasteiger partial charge on any atom is -0.478 e. The minimum absolute atomic E-state index is 0.0628. The second-order valence-electron chi connectivity index (χ2n) is 5.59. The van der Waals surface area contributed by atoms with E-state index in [9.17, 15) is 14.4 Å². The van der Waals surface area contributed by atoms with Crippen LogP contribution in [0.4, 0.5) is 0 Å². The van der Waals surface area contributed by atoms with Gasteiger partial charge in [0.15, 0.2) is 0 Å². The molecular formula is C18H14O5. The summed E-state index contributed by atoms with van der Waals surface area (Å²) in [7, 11) is 0. The van der Waals surface area contributed by atoms with Gasteiger partial charge >= 0.3 is 17.9 Å². The molecule has 5 nitrogen and oxygen atoms in total. The summed E-state index contributed by atoms with van der Waals surface area (Å²) in [5, 5.41) is 9.04. The monoisotopic (exact) mass is 310 g/mol. The molecular weight excluding hydrogens is 296 g/mol. The zero-order valence-electron chi connectivity index (χ0n) is 12.4. The molecule has 23 heavy (non-hydrogen) atoms. The number of carboxylic acids is 1. The van der Waals surface area contributed by atoms with Crippen molar-refractivity contribution in [3.8, 4) is 0 Å². The minimum atomic E-state index is -0.960. The average Bonchev–Trinajstić information content (AvgIpc) is 2.82. The second kappa shape index (κ2) is 5.68. The van der Waals surface area contributed by atoms with Crippen LogP contribution in [0.3, 0.4) is 0 Å². The van der Waals surface area contributed by atoms with Gasteiger partial charge in [0.05, 0.1) is 16.7 Å². The standard InChI is InChI=1S/C18H14O5/c1-10(7-11-3-2-4-13(8-11)16(19)20)12-5-6-14-15(9-12)18(22)23-17(14)21/h2-6,8-10H,7H2,1H3,(H,19,20). The van der Waals surface area contributed by atoms with E-state index in [1.54, 1.807) is 36.4 Å². The lowest BCUT2D eigenvalue weighted by molar-refractivity contribution is 0.0443. The number of aromatic carboxylic acids is 1. The Morgan fingerprint density at radius 1 is 1.09 bits per heavy atom. The van der Waals surface area contributed by atoms with Crippen molar-refractivity contribution in [2.24, 2.45) is 0 Å². The number of carbonyl (C=O) groups is 3. The van der Waals surface area contributed by atoms with Crippen LogP contribution >= 0.6 is 0 Å². The summed E-state index contributed by atoms with van der Waals surface area (Å²) in [6.45, 7) is 1.98. The topological polar surface area (TPSA) is 80.7 Å². The molecule has 0 aromatic heterocycles. The summed E-state index contributed by atoms with van der Waals surface area (Å²) in [6.07, 6.45) is 0.628. The fourth-order valence-electron chi connectivity index (χ4n) is 2.71. The van der Waals surface area contributed by atoms with E-state index < -0.39 is 17.9 Å². The SMILES string of the molecule is CC(Cc1cccc(C(=O)O)c1)c1ccc2c(c1)C(=O)OC2=O. The lowest BCUT2D eigenvalue weighted by atomic mass is 9.91. The van der Waals surface area contributed by atoms with Crippen molar-refractivity contribution in [3.05, 3.63) is 70.3 Å². The number of benzene rings is 2. The maximum absolute atomic E-state index is 11.6. The van der Waals surface area contributed by atoms with Crippen molar-refractivity contribution in [1.82, 2.24) is 0 Å². The first-order chi connectivity index (χ1) is 11.0. The number of hydrogen-bond acceptors (Lipinski definition) is 4. The number of fused-ring (bicyclic) bond motifs is 1. The maximum Gasteiger partial charge on any atom is 0.346 e. The number of carboxylic acid groups (broad SMARTS) is 1. The molecule has 2 aromatic rings. The Morgan fingerprint density at radius 3 is 2.57 bits per heavy atom. The Hall–Kier alpha value is -2.95. The molecule has 1 atom stereocenters. The molecule has 0 radical (unpaired) electrons. The van der Waals surface area contributed by atoms with Crippen LogP contribution in [-0.4, -0.2) is 23.0 Å². The average molecular weight is 310 g/mol. The number of ether oxygens (including phenoxy) is 1. The molecule has 0 bridgehead atoms. The molecule has 1 aliphatic heterocycles. The maximum atomic E-state index is 11.6. The number of hydrogen-bond donors (Lipinski definition) is 1. The Bertz CT molecular complexity index is 822. The van der Waals surface area contributed by atoms with Crippen molar-refractivity contribution in [1.29, 1.82) is 0 Å². The van der Waals surface area contributed by atoms with Crippen molar-refractivity contribution in [3.63, 3.8) is 0 Å². The van der Waals surface area contributed by atoms with Gasteiger partial charge in [-0.05, 0) is 47.7 Å². The van der Waals surface area contributed by atoms with Gasteiger partial charge in [-0.1, -0.05) is 25.1 Å². The summed E-state index contributed by atoms with van der Waals surface area (Å²) in [5.41, 5.74) is 2.63. The van der Waals surface area contributed by atoms with Gasteiger partial charge < -0.3 is 9.84 Å². The molecule has 3 rings (SSSR count). The van der Waals surface area contributed by atoms with Crippen LogP contribution in [0.5, 0.6) is 0 Å². The molecule has 0 fully saturated rings. The third kappa shape index (κ3) is 2.85. The van der Waals surface area contributed by atoms with E-state index in [1.807, 2.05) is 13.0 Å². The number of cyclic esters (lactones) is 2. The van der Waals surface area contributed by atoms with E-state index in [1.165, 1.54) is 0 Å². The van der Waals surface area contributed by atoms with E-state index in [-0.39, 0.29) is 11.5 Å². The van der Waals surface area contributed by atoms with Crippen LogP contribution in [-0.2, 0) is 11.2 Å². The zero-order chi connectivity index (χ0) is 16.6. The first kappa shape index (κ1) is 15.0. The molecule has 0 aliphatic carbocycles. The Kier molecular flexibility index (Phi) is 3.70. The molecule has 1 N–H and O–H groups in total. The molecule has 2 aromatic carbocycles. The predicted octanol–water partition coefficient (Wildman–Crippen LogP) is 3.04.